The van der Waals surface area contributed by atoms with Crippen molar-refractivity contribution in [1.82, 2.24) is 5.32 Å². The molecular weight excluding hydrogens is 364 g/mol. The van der Waals surface area contributed by atoms with Gasteiger partial charge < -0.3 is 22.5 Å². The van der Waals surface area contributed by atoms with E-state index in [0.29, 0.717) is 13.0 Å². The Hall–Kier alpha value is -1.62. The lowest BCUT2D eigenvalue weighted by molar-refractivity contribution is -0.684. The predicted octanol–water partition coefficient (Wildman–Crippen LogP) is 0.558. The number of rotatable bonds is 15. The number of ether oxygens (including phenoxy) is 1. The van der Waals surface area contributed by atoms with Gasteiger partial charge in [0, 0.05) is 18.6 Å². The lowest BCUT2D eigenvalue weighted by Gasteiger charge is -2.06. The number of carbonyl (C=O) groups excluding carboxylic acids is 2. The molecule has 154 valence electrons. The highest BCUT2D eigenvalue weighted by Gasteiger charge is 2.08. The highest BCUT2D eigenvalue weighted by molar-refractivity contribution is 5.74. The first-order chi connectivity index (χ1) is 12.7. The molecule has 0 spiro atoms. The number of aromatic nitrogens is 1. The van der Waals surface area contributed by atoms with Crippen molar-refractivity contribution in [2.75, 3.05) is 13.2 Å². The molecule has 1 N–H and O–H groups in total. The predicted molar refractivity (Wildman–Crippen MR) is 102 cm³/mol. The summed E-state index contributed by atoms with van der Waals surface area (Å²) in [7, 11) is 0. The Morgan fingerprint density at radius 2 is 1.48 bits per heavy atom. The molecule has 0 saturated carbocycles. The topological polar surface area (TPSA) is 59.3 Å². The number of pyridine rings is 1. The molecule has 1 heterocycles. The summed E-state index contributed by atoms with van der Waals surface area (Å²) in [6, 6.07) is 5.66. The second-order valence-corrected chi connectivity index (χ2v) is 6.70. The van der Waals surface area contributed by atoms with Crippen molar-refractivity contribution < 1.29 is 31.3 Å². The van der Waals surface area contributed by atoms with Crippen LogP contribution in [0, 0.1) is 0 Å². The van der Waals surface area contributed by atoms with Gasteiger partial charge in [0.2, 0.25) is 6.54 Å². The Morgan fingerprint density at radius 3 is 2.11 bits per heavy atom. The highest BCUT2D eigenvalue weighted by Crippen LogP contribution is 2.10. The molecule has 1 amide bonds. The lowest BCUT2D eigenvalue weighted by Crippen LogP contribution is -3.00. The zero-order valence-corrected chi connectivity index (χ0v) is 17.4. The fourth-order valence-corrected chi connectivity index (χ4v) is 2.77. The van der Waals surface area contributed by atoms with E-state index in [1.807, 2.05) is 30.6 Å². The van der Waals surface area contributed by atoms with Crippen LogP contribution in [-0.2, 0) is 20.9 Å². The molecule has 0 aliphatic rings. The van der Waals surface area contributed by atoms with E-state index in [1.165, 1.54) is 44.9 Å². The van der Waals surface area contributed by atoms with Crippen molar-refractivity contribution in [1.29, 1.82) is 0 Å². The summed E-state index contributed by atoms with van der Waals surface area (Å²) in [5.74, 6) is -0.254. The molecule has 0 aliphatic carbocycles. The third-order valence-electron chi connectivity index (χ3n) is 4.28. The van der Waals surface area contributed by atoms with Crippen LogP contribution in [0.4, 0.5) is 0 Å². The van der Waals surface area contributed by atoms with Crippen molar-refractivity contribution in [2.24, 2.45) is 0 Å². The number of unbranched alkanes of at least 4 members (excludes halogenated alkanes) is 8. The zero-order valence-electron chi connectivity index (χ0n) is 16.6. The van der Waals surface area contributed by atoms with Crippen LogP contribution < -0.4 is 22.3 Å². The largest absolute Gasteiger partial charge is 1.00 e. The Kier molecular flexibility index (Phi) is 16.7. The van der Waals surface area contributed by atoms with Crippen LogP contribution in [-0.4, -0.2) is 25.0 Å². The SMILES string of the molecule is CCCCCCCCCCCC(=O)OCCNC(=O)C[n+]1ccccc1.[Cl-]. The summed E-state index contributed by atoms with van der Waals surface area (Å²) in [5.41, 5.74) is 0. The monoisotopic (exact) mass is 398 g/mol. The molecule has 0 fully saturated rings. The molecule has 0 atom stereocenters. The maximum Gasteiger partial charge on any atom is 0.305 e. The smallest absolute Gasteiger partial charge is 0.305 e. The maximum atomic E-state index is 11.7. The molecule has 1 aromatic rings. The van der Waals surface area contributed by atoms with Crippen LogP contribution in [0.15, 0.2) is 30.6 Å². The first-order valence-corrected chi connectivity index (χ1v) is 10.1. The average Bonchev–Trinajstić information content (AvgIpc) is 2.65. The number of hydrogen-bond donors (Lipinski definition) is 1. The normalized spacial score (nSPS) is 10.1. The minimum absolute atomic E-state index is 0. The number of halogens is 1. The van der Waals surface area contributed by atoms with Crippen LogP contribution in [0.5, 0.6) is 0 Å². The standard InChI is InChI=1S/C21H34N2O3.ClH/c1-2-3-4-5-6-7-8-9-11-14-21(25)26-18-15-22-20(24)19-23-16-12-10-13-17-23;/h10,12-13,16-17H,2-9,11,14-15,18-19H2,1H3;1H. The van der Waals surface area contributed by atoms with Crippen molar-refractivity contribution in [2.45, 2.75) is 77.7 Å². The van der Waals surface area contributed by atoms with Crippen molar-refractivity contribution in [3.63, 3.8) is 0 Å². The number of hydrogen-bond acceptors (Lipinski definition) is 3. The third kappa shape index (κ3) is 15.2. The van der Waals surface area contributed by atoms with Crippen molar-refractivity contribution >= 4 is 11.9 Å². The Morgan fingerprint density at radius 1 is 0.889 bits per heavy atom. The fraction of sp³-hybridized carbons (Fsp3) is 0.667. The van der Waals surface area contributed by atoms with E-state index in [1.54, 1.807) is 4.57 Å². The first-order valence-electron chi connectivity index (χ1n) is 10.1. The summed E-state index contributed by atoms with van der Waals surface area (Å²) < 4.78 is 6.95. The van der Waals surface area contributed by atoms with Gasteiger partial charge in [0.15, 0.2) is 12.4 Å². The van der Waals surface area contributed by atoms with Crippen molar-refractivity contribution in [3.8, 4) is 0 Å². The lowest BCUT2D eigenvalue weighted by atomic mass is 10.1. The second kappa shape index (κ2) is 17.8. The van der Waals surface area contributed by atoms with Crippen LogP contribution in [0.3, 0.4) is 0 Å². The molecule has 0 aromatic carbocycles. The van der Waals surface area contributed by atoms with E-state index >= 15 is 0 Å². The van der Waals surface area contributed by atoms with E-state index in [9.17, 15) is 9.59 Å². The van der Waals surface area contributed by atoms with E-state index in [4.69, 9.17) is 4.74 Å². The Labute approximate surface area is 170 Å². The van der Waals surface area contributed by atoms with E-state index < -0.39 is 0 Å². The van der Waals surface area contributed by atoms with Crippen LogP contribution in [0.25, 0.3) is 0 Å². The summed E-state index contributed by atoms with van der Waals surface area (Å²) in [6.07, 6.45) is 15.2. The fourth-order valence-electron chi connectivity index (χ4n) is 2.77. The number of nitrogens with zero attached hydrogens (tertiary/aromatic N) is 1. The third-order valence-corrected chi connectivity index (χ3v) is 4.28. The van der Waals surface area contributed by atoms with Gasteiger partial charge >= 0.3 is 5.97 Å². The molecule has 0 bridgehead atoms. The zero-order chi connectivity index (χ0) is 18.9. The summed E-state index contributed by atoms with van der Waals surface area (Å²) in [6.45, 7) is 3.10. The molecule has 1 rings (SSSR count). The minimum atomic E-state index is -0.167. The number of carbonyl (C=O) groups is 2. The van der Waals surface area contributed by atoms with Gasteiger partial charge in [-0.25, -0.2) is 0 Å². The van der Waals surface area contributed by atoms with Gasteiger partial charge in [-0.05, 0) is 6.42 Å². The Bertz CT molecular complexity index is 497. The van der Waals surface area contributed by atoms with Gasteiger partial charge in [0.25, 0.3) is 5.91 Å². The van der Waals surface area contributed by atoms with Gasteiger partial charge in [0.1, 0.15) is 6.61 Å². The number of esters is 1. The first kappa shape index (κ1) is 25.4. The van der Waals surface area contributed by atoms with Gasteiger partial charge in [-0.15, -0.1) is 0 Å². The summed E-state index contributed by atoms with van der Waals surface area (Å²) in [4.78, 5) is 23.4. The van der Waals surface area contributed by atoms with Crippen molar-refractivity contribution in [3.05, 3.63) is 30.6 Å². The van der Waals surface area contributed by atoms with E-state index in [2.05, 4.69) is 12.2 Å². The second-order valence-electron chi connectivity index (χ2n) is 6.70. The molecule has 0 aliphatic heterocycles. The van der Waals surface area contributed by atoms with E-state index in [0.717, 1.165) is 12.8 Å². The quantitative estimate of drug-likeness (QED) is 0.267. The highest BCUT2D eigenvalue weighted by atomic mass is 35.5. The van der Waals surface area contributed by atoms with Crippen LogP contribution in [0.2, 0.25) is 0 Å². The van der Waals surface area contributed by atoms with E-state index in [-0.39, 0.29) is 37.4 Å². The van der Waals surface area contributed by atoms with Gasteiger partial charge in [-0.3, -0.25) is 9.59 Å². The molecule has 0 saturated heterocycles. The maximum absolute atomic E-state index is 11.7. The average molecular weight is 399 g/mol. The molecule has 1 aromatic heterocycles. The molecule has 0 unspecified atom stereocenters. The van der Waals surface area contributed by atoms with Gasteiger partial charge in [-0.1, -0.05) is 64.4 Å². The Balaban J connectivity index is 0.00000676. The number of nitrogens with one attached hydrogen (secondary N) is 1. The van der Waals surface area contributed by atoms with Crippen LogP contribution in [0.1, 0.15) is 71.1 Å². The summed E-state index contributed by atoms with van der Waals surface area (Å²) in [5, 5.41) is 2.75. The van der Waals surface area contributed by atoms with Crippen LogP contribution >= 0.6 is 0 Å². The molecule has 6 heteroatoms. The molecule has 27 heavy (non-hydrogen) atoms. The number of amides is 1. The minimum Gasteiger partial charge on any atom is -1.00 e. The van der Waals surface area contributed by atoms with Gasteiger partial charge in [0.05, 0.1) is 6.54 Å². The molecular formula is C21H35ClN2O3. The molecule has 5 nitrogen and oxygen atoms in total. The summed E-state index contributed by atoms with van der Waals surface area (Å²) >= 11 is 0. The molecule has 0 radical (unpaired) electrons. The van der Waals surface area contributed by atoms with Gasteiger partial charge in [-0.2, -0.15) is 4.57 Å².